The number of nitrogen functional groups attached to an aromatic ring is 1. The first-order chi connectivity index (χ1) is 8.74. The van der Waals surface area contributed by atoms with E-state index in [-0.39, 0.29) is 11.8 Å². The van der Waals surface area contributed by atoms with Crippen LogP contribution in [0.1, 0.15) is 19.3 Å². The first-order valence-corrected chi connectivity index (χ1v) is 6.51. The van der Waals surface area contributed by atoms with Crippen molar-refractivity contribution in [2.75, 3.05) is 36.8 Å². The molecule has 3 heterocycles. The van der Waals surface area contributed by atoms with Crippen LogP contribution in [0.2, 0.25) is 0 Å². The third-order valence-electron chi connectivity index (χ3n) is 3.85. The Morgan fingerprint density at radius 1 is 1.28 bits per heavy atom. The van der Waals surface area contributed by atoms with E-state index in [1.54, 1.807) is 0 Å². The molecule has 1 unspecified atom stereocenters. The van der Waals surface area contributed by atoms with Crippen LogP contribution in [0.15, 0.2) is 6.20 Å². The Morgan fingerprint density at radius 2 is 2.11 bits per heavy atom. The summed E-state index contributed by atoms with van der Waals surface area (Å²) >= 11 is 0. The number of hydrogen-bond acceptors (Lipinski definition) is 5. The molecule has 1 atom stereocenters. The molecule has 2 aliphatic heterocycles. The van der Waals surface area contributed by atoms with E-state index in [1.165, 1.54) is 19.4 Å². The number of anilines is 2. The molecule has 0 saturated carbocycles. The molecular weight excluding hydrogens is 233 g/mol. The fourth-order valence-corrected chi connectivity index (χ4v) is 2.99. The SMILES string of the molecule is Nc1ncc(F)c(N2CCCN3CCCC3C2)n1. The van der Waals surface area contributed by atoms with Gasteiger partial charge in [-0.05, 0) is 25.8 Å². The summed E-state index contributed by atoms with van der Waals surface area (Å²) in [4.78, 5) is 12.2. The summed E-state index contributed by atoms with van der Waals surface area (Å²) in [7, 11) is 0. The van der Waals surface area contributed by atoms with Crippen LogP contribution in [-0.2, 0) is 0 Å². The number of aromatic nitrogens is 2. The van der Waals surface area contributed by atoms with Crippen LogP contribution >= 0.6 is 0 Å². The highest BCUT2D eigenvalue weighted by Crippen LogP contribution is 2.25. The van der Waals surface area contributed by atoms with Crippen molar-refractivity contribution in [1.29, 1.82) is 0 Å². The summed E-state index contributed by atoms with van der Waals surface area (Å²) in [5.74, 6) is 0.117. The van der Waals surface area contributed by atoms with Gasteiger partial charge in [0, 0.05) is 25.7 Å². The maximum Gasteiger partial charge on any atom is 0.222 e. The van der Waals surface area contributed by atoms with E-state index in [2.05, 4.69) is 14.9 Å². The van der Waals surface area contributed by atoms with Gasteiger partial charge in [0.15, 0.2) is 11.6 Å². The van der Waals surface area contributed by atoms with Gasteiger partial charge in [-0.1, -0.05) is 0 Å². The molecule has 0 bridgehead atoms. The van der Waals surface area contributed by atoms with Crippen molar-refractivity contribution in [3.63, 3.8) is 0 Å². The summed E-state index contributed by atoms with van der Waals surface area (Å²) < 4.78 is 13.8. The minimum absolute atomic E-state index is 0.138. The van der Waals surface area contributed by atoms with Gasteiger partial charge in [0.2, 0.25) is 5.95 Å². The van der Waals surface area contributed by atoms with Gasteiger partial charge in [-0.3, -0.25) is 4.90 Å². The molecule has 6 heteroatoms. The molecule has 2 saturated heterocycles. The molecule has 0 radical (unpaired) electrons. The fraction of sp³-hybridized carbons (Fsp3) is 0.667. The average molecular weight is 251 g/mol. The lowest BCUT2D eigenvalue weighted by atomic mass is 10.2. The number of rotatable bonds is 1. The smallest absolute Gasteiger partial charge is 0.222 e. The van der Waals surface area contributed by atoms with Crippen molar-refractivity contribution >= 4 is 11.8 Å². The Bertz CT molecular complexity index is 438. The van der Waals surface area contributed by atoms with Crippen LogP contribution < -0.4 is 10.6 Å². The van der Waals surface area contributed by atoms with Crippen molar-refractivity contribution < 1.29 is 4.39 Å². The lowest BCUT2D eigenvalue weighted by Crippen LogP contribution is -2.37. The maximum atomic E-state index is 13.8. The van der Waals surface area contributed by atoms with Crippen LogP contribution in [0.4, 0.5) is 16.2 Å². The molecule has 18 heavy (non-hydrogen) atoms. The van der Waals surface area contributed by atoms with Crippen LogP contribution in [-0.4, -0.2) is 47.1 Å². The Balaban J connectivity index is 1.84. The largest absolute Gasteiger partial charge is 0.368 e. The number of nitrogens with two attached hydrogens (primary N) is 1. The summed E-state index contributed by atoms with van der Waals surface area (Å²) in [6, 6.07) is 0.531. The second-order valence-electron chi connectivity index (χ2n) is 5.03. The van der Waals surface area contributed by atoms with Crippen LogP contribution in [0.3, 0.4) is 0 Å². The Labute approximate surface area is 106 Å². The summed E-state index contributed by atoms with van der Waals surface area (Å²) in [6.45, 7) is 3.95. The first-order valence-electron chi connectivity index (χ1n) is 6.51. The van der Waals surface area contributed by atoms with Gasteiger partial charge in [-0.25, -0.2) is 9.37 Å². The van der Waals surface area contributed by atoms with Crippen LogP contribution in [0.5, 0.6) is 0 Å². The summed E-state index contributed by atoms with van der Waals surface area (Å²) in [5, 5.41) is 0. The van der Waals surface area contributed by atoms with Gasteiger partial charge in [0.25, 0.3) is 0 Å². The van der Waals surface area contributed by atoms with Crippen LogP contribution in [0, 0.1) is 5.82 Å². The summed E-state index contributed by atoms with van der Waals surface area (Å²) in [5.41, 5.74) is 5.55. The van der Waals surface area contributed by atoms with Crippen molar-refractivity contribution in [3.8, 4) is 0 Å². The van der Waals surface area contributed by atoms with Gasteiger partial charge in [-0.2, -0.15) is 4.98 Å². The topological polar surface area (TPSA) is 58.3 Å². The molecule has 0 spiro atoms. The highest BCUT2D eigenvalue weighted by Gasteiger charge is 2.30. The van der Waals surface area contributed by atoms with Gasteiger partial charge < -0.3 is 10.6 Å². The number of halogens is 1. The van der Waals surface area contributed by atoms with Crippen molar-refractivity contribution in [2.45, 2.75) is 25.3 Å². The molecule has 0 amide bonds. The number of hydrogen-bond donors (Lipinski definition) is 1. The number of fused-ring (bicyclic) bond motifs is 1. The van der Waals surface area contributed by atoms with E-state index < -0.39 is 0 Å². The van der Waals surface area contributed by atoms with Gasteiger partial charge >= 0.3 is 0 Å². The molecule has 2 N–H and O–H groups in total. The quantitative estimate of drug-likeness (QED) is 0.802. The normalized spacial score (nSPS) is 24.9. The molecule has 98 valence electrons. The third-order valence-corrected chi connectivity index (χ3v) is 3.85. The zero-order valence-corrected chi connectivity index (χ0v) is 10.3. The molecule has 1 aromatic rings. The van der Waals surface area contributed by atoms with Crippen molar-refractivity contribution in [3.05, 3.63) is 12.0 Å². The summed E-state index contributed by atoms with van der Waals surface area (Å²) in [6.07, 6.45) is 4.64. The molecule has 2 aliphatic rings. The molecular formula is C12H18FN5. The highest BCUT2D eigenvalue weighted by atomic mass is 19.1. The van der Waals surface area contributed by atoms with E-state index in [9.17, 15) is 4.39 Å². The highest BCUT2D eigenvalue weighted by molar-refractivity contribution is 5.43. The lowest BCUT2D eigenvalue weighted by molar-refractivity contribution is 0.273. The minimum atomic E-state index is -0.379. The molecule has 2 fully saturated rings. The second-order valence-corrected chi connectivity index (χ2v) is 5.03. The molecule has 1 aromatic heterocycles. The molecule has 0 aromatic carbocycles. The Morgan fingerprint density at radius 3 is 3.00 bits per heavy atom. The monoisotopic (exact) mass is 251 g/mol. The zero-order valence-electron chi connectivity index (χ0n) is 10.3. The predicted octanol–water partition coefficient (Wildman–Crippen LogP) is 0.872. The lowest BCUT2D eigenvalue weighted by Gasteiger charge is -2.26. The van der Waals surface area contributed by atoms with Crippen LogP contribution in [0.25, 0.3) is 0 Å². The fourth-order valence-electron chi connectivity index (χ4n) is 2.99. The van der Waals surface area contributed by atoms with E-state index in [4.69, 9.17) is 5.73 Å². The Kier molecular flexibility index (Phi) is 3.03. The van der Waals surface area contributed by atoms with Gasteiger partial charge in [-0.15, -0.1) is 0 Å². The predicted molar refractivity (Wildman–Crippen MR) is 67.8 cm³/mol. The average Bonchev–Trinajstić information content (AvgIpc) is 2.70. The van der Waals surface area contributed by atoms with E-state index in [0.29, 0.717) is 11.9 Å². The second kappa shape index (κ2) is 4.68. The molecule has 5 nitrogen and oxygen atoms in total. The van der Waals surface area contributed by atoms with Crippen molar-refractivity contribution in [2.24, 2.45) is 0 Å². The molecule has 0 aliphatic carbocycles. The van der Waals surface area contributed by atoms with Gasteiger partial charge in [0.1, 0.15) is 0 Å². The maximum absolute atomic E-state index is 13.8. The van der Waals surface area contributed by atoms with E-state index >= 15 is 0 Å². The zero-order chi connectivity index (χ0) is 12.5. The van der Waals surface area contributed by atoms with Crippen molar-refractivity contribution in [1.82, 2.24) is 14.9 Å². The molecule has 3 rings (SSSR count). The standard InChI is InChI=1S/C12H18FN5/c13-10-7-15-12(14)16-11(10)18-6-2-5-17-4-1-3-9(17)8-18/h7,9H,1-6,8H2,(H2,14,15,16). The van der Waals surface area contributed by atoms with E-state index in [0.717, 1.165) is 32.3 Å². The Hall–Kier alpha value is -1.43. The minimum Gasteiger partial charge on any atom is -0.368 e. The van der Waals surface area contributed by atoms with E-state index in [1.807, 2.05) is 4.90 Å². The number of nitrogens with zero attached hydrogens (tertiary/aromatic N) is 4. The third kappa shape index (κ3) is 2.12. The first kappa shape index (κ1) is 11.6. The van der Waals surface area contributed by atoms with Gasteiger partial charge in [0.05, 0.1) is 6.20 Å².